The number of anilines is 1. The van der Waals surface area contributed by atoms with Crippen LogP contribution in [0.4, 0.5) is 5.82 Å². The highest BCUT2D eigenvalue weighted by atomic mass is 16.3. The number of hydrogen-bond acceptors (Lipinski definition) is 4. The fraction of sp³-hybridized carbons (Fsp3) is 0.600. The van der Waals surface area contributed by atoms with Crippen LogP contribution in [0.1, 0.15) is 42.5 Å². The van der Waals surface area contributed by atoms with Gasteiger partial charge in [-0.15, -0.1) is 0 Å². The van der Waals surface area contributed by atoms with Crippen molar-refractivity contribution in [1.29, 1.82) is 5.26 Å². The maximum atomic E-state index is 9.59. The number of rotatable bonds is 4. The third-order valence-corrected chi connectivity index (χ3v) is 4.22. The molecule has 0 aromatic carbocycles. The van der Waals surface area contributed by atoms with E-state index in [9.17, 15) is 5.11 Å². The molecule has 1 fully saturated rings. The molecule has 2 rings (SSSR count). The SMILES string of the molecule is Cc1cc(C#N)c(NCC2(CO)CCCC2)nc1C. The summed E-state index contributed by atoms with van der Waals surface area (Å²) in [5.41, 5.74) is 2.51. The van der Waals surface area contributed by atoms with Crippen molar-refractivity contribution in [1.82, 2.24) is 4.98 Å². The number of aliphatic hydroxyl groups excluding tert-OH is 1. The summed E-state index contributed by atoms with van der Waals surface area (Å²) in [4.78, 5) is 4.45. The zero-order valence-electron chi connectivity index (χ0n) is 11.7. The second-order valence-corrected chi connectivity index (χ2v) is 5.62. The Hall–Kier alpha value is -1.60. The van der Waals surface area contributed by atoms with E-state index in [2.05, 4.69) is 16.4 Å². The van der Waals surface area contributed by atoms with Gasteiger partial charge in [0.1, 0.15) is 11.9 Å². The normalized spacial score (nSPS) is 17.2. The van der Waals surface area contributed by atoms with E-state index in [0.29, 0.717) is 17.9 Å². The molecule has 1 heterocycles. The number of aliphatic hydroxyl groups is 1. The second-order valence-electron chi connectivity index (χ2n) is 5.62. The molecule has 0 atom stereocenters. The van der Waals surface area contributed by atoms with Crippen LogP contribution in [0.25, 0.3) is 0 Å². The fourth-order valence-corrected chi connectivity index (χ4v) is 2.71. The summed E-state index contributed by atoms with van der Waals surface area (Å²) in [6.45, 7) is 4.79. The van der Waals surface area contributed by atoms with Crippen LogP contribution < -0.4 is 5.32 Å². The van der Waals surface area contributed by atoms with E-state index in [4.69, 9.17) is 5.26 Å². The molecule has 4 nitrogen and oxygen atoms in total. The molecule has 1 aromatic rings. The lowest BCUT2D eigenvalue weighted by Crippen LogP contribution is -2.31. The van der Waals surface area contributed by atoms with Gasteiger partial charge < -0.3 is 10.4 Å². The predicted octanol–water partition coefficient (Wildman–Crippen LogP) is 2.53. The average Bonchev–Trinajstić information content (AvgIpc) is 2.89. The first-order chi connectivity index (χ1) is 9.10. The molecular formula is C15H21N3O. The van der Waals surface area contributed by atoms with Gasteiger partial charge in [-0.25, -0.2) is 4.98 Å². The van der Waals surface area contributed by atoms with Crippen LogP contribution in [0.5, 0.6) is 0 Å². The van der Waals surface area contributed by atoms with Gasteiger partial charge in [0.25, 0.3) is 0 Å². The maximum absolute atomic E-state index is 9.59. The Labute approximate surface area is 114 Å². The summed E-state index contributed by atoms with van der Waals surface area (Å²) in [6.07, 6.45) is 4.44. The zero-order chi connectivity index (χ0) is 13.9. The van der Waals surface area contributed by atoms with E-state index >= 15 is 0 Å². The molecule has 0 saturated heterocycles. The minimum absolute atomic E-state index is 0.0345. The van der Waals surface area contributed by atoms with Gasteiger partial charge in [0, 0.05) is 17.7 Å². The Kier molecular flexibility index (Phi) is 4.06. The number of nitriles is 1. The molecule has 1 aliphatic carbocycles. The Morgan fingerprint density at radius 1 is 1.42 bits per heavy atom. The van der Waals surface area contributed by atoms with Crippen molar-refractivity contribution < 1.29 is 5.11 Å². The molecule has 0 bridgehead atoms. The largest absolute Gasteiger partial charge is 0.396 e. The highest BCUT2D eigenvalue weighted by molar-refractivity contribution is 5.54. The van der Waals surface area contributed by atoms with Crippen molar-refractivity contribution in [2.45, 2.75) is 39.5 Å². The summed E-state index contributed by atoms with van der Waals surface area (Å²) in [5, 5.41) is 22.0. The van der Waals surface area contributed by atoms with Gasteiger partial charge in [0.05, 0.1) is 12.2 Å². The monoisotopic (exact) mass is 259 g/mol. The van der Waals surface area contributed by atoms with Gasteiger partial charge in [0.2, 0.25) is 0 Å². The average molecular weight is 259 g/mol. The number of hydrogen-bond donors (Lipinski definition) is 2. The Bertz CT molecular complexity index is 499. The van der Waals surface area contributed by atoms with Crippen LogP contribution >= 0.6 is 0 Å². The van der Waals surface area contributed by atoms with Crippen molar-refractivity contribution >= 4 is 5.82 Å². The second kappa shape index (κ2) is 5.58. The van der Waals surface area contributed by atoms with Gasteiger partial charge in [-0.3, -0.25) is 0 Å². The standard InChI is InChI=1S/C15H21N3O/c1-11-7-13(8-16)14(18-12(11)2)17-9-15(10-19)5-3-4-6-15/h7,19H,3-6,9-10H2,1-2H3,(H,17,18). The zero-order valence-corrected chi connectivity index (χ0v) is 11.7. The Morgan fingerprint density at radius 3 is 2.68 bits per heavy atom. The molecule has 19 heavy (non-hydrogen) atoms. The molecule has 4 heteroatoms. The van der Waals surface area contributed by atoms with E-state index in [1.807, 2.05) is 19.9 Å². The van der Waals surface area contributed by atoms with Crippen LogP contribution in [0.15, 0.2) is 6.07 Å². The van der Waals surface area contributed by atoms with Crippen LogP contribution in [0.2, 0.25) is 0 Å². The molecule has 1 saturated carbocycles. The van der Waals surface area contributed by atoms with Crippen molar-refractivity contribution in [2.24, 2.45) is 5.41 Å². The first-order valence-corrected chi connectivity index (χ1v) is 6.83. The first kappa shape index (κ1) is 13.8. The predicted molar refractivity (Wildman–Crippen MR) is 74.9 cm³/mol. The van der Waals surface area contributed by atoms with Gasteiger partial charge in [-0.2, -0.15) is 5.26 Å². The topological polar surface area (TPSA) is 68.9 Å². The number of nitrogens with one attached hydrogen (secondary N) is 1. The summed E-state index contributed by atoms with van der Waals surface area (Å²) in [7, 11) is 0. The molecule has 0 aliphatic heterocycles. The number of nitrogens with zero attached hydrogens (tertiary/aromatic N) is 2. The van der Waals surface area contributed by atoms with Crippen LogP contribution in [-0.4, -0.2) is 23.2 Å². The third-order valence-electron chi connectivity index (χ3n) is 4.22. The van der Waals surface area contributed by atoms with Crippen LogP contribution in [-0.2, 0) is 0 Å². The van der Waals surface area contributed by atoms with Crippen molar-refractivity contribution in [2.75, 3.05) is 18.5 Å². The molecule has 102 valence electrons. The highest BCUT2D eigenvalue weighted by Gasteiger charge is 2.33. The molecule has 1 aromatic heterocycles. The quantitative estimate of drug-likeness (QED) is 0.871. The Morgan fingerprint density at radius 2 is 2.11 bits per heavy atom. The van der Waals surface area contributed by atoms with E-state index < -0.39 is 0 Å². The van der Waals surface area contributed by atoms with E-state index in [1.54, 1.807) is 0 Å². The Balaban J connectivity index is 2.15. The maximum Gasteiger partial charge on any atom is 0.144 e. The minimum Gasteiger partial charge on any atom is -0.396 e. The van der Waals surface area contributed by atoms with Crippen molar-refractivity contribution in [3.05, 3.63) is 22.9 Å². The molecule has 0 amide bonds. The molecule has 0 radical (unpaired) electrons. The van der Waals surface area contributed by atoms with Crippen LogP contribution in [0.3, 0.4) is 0 Å². The molecule has 1 aliphatic rings. The van der Waals surface area contributed by atoms with Crippen LogP contribution in [0, 0.1) is 30.6 Å². The smallest absolute Gasteiger partial charge is 0.144 e. The molecule has 0 unspecified atom stereocenters. The summed E-state index contributed by atoms with van der Waals surface area (Å²) < 4.78 is 0. The fourth-order valence-electron chi connectivity index (χ4n) is 2.71. The van der Waals surface area contributed by atoms with E-state index in [-0.39, 0.29) is 12.0 Å². The lowest BCUT2D eigenvalue weighted by Gasteiger charge is -2.27. The van der Waals surface area contributed by atoms with Crippen molar-refractivity contribution in [3.63, 3.8) is 0 Å². The number of aromatic nitrogens is 1. The molecule has 0 spiro atoms. The van der Waals surface area contributed by atoms with Crippen molar-refractivity contribution in [3.8, 4) is 6.07 Å². The van der Waals surface area contributed by atoms with E-state index in [0.717, 1.165) is 24.1 Å². The number of pyridine rings is 1. The van der Waals surface area contributed by atoms with Gasteiger partial charge >= 0.3 is 0 Å². The van der Waals surface area contributed by atoms with E-state index in [1.165, 1.54) is 12.8 Å². The molecular weight excluding hydrogens is 238 g/mol. The van der Waals surface area contributed by atoms with Gasteiger partial charge in [-0.05, 0) is 38.3 Å². The first-order valence-electron chi connectivity index (χ1n) is 6.83. The lowest BCUT2D eigenvalue weighted by atomic mass is 9.87. The minimum atomic E-state index is -0.0345. The van der Waals surface area contributed by atoms with Gasteiger partial charge in [-0.1, -0.05) is 12.8 Å². The molecule has 2 N–H and O–H groups in total. The highest BCUT2D eigenvalue weighted by Crippen LogP contribution is 2.37. The lowest BCUT2D eigenvalue weighted by molar-refractivity contribution is 0.142. The summed E-state index contributed by atoms with van der Waals surface area (Å²) in [5.74, 6) is 0.644. The summed E-state index contributed by atoms with van der Waals surface area (Å²) >= 11 is 0. The number of aryl methyl sites for hydroxylation is 2. The van der Waals surface area contributed by atoms with Gasteiger partial charge in [0.15, 0.2) is 0 Å². The third kappa shape index (κ3) is 2.87. The summed E-state index contributed by atoms with van der Waals surface area (Å²) in [6, 6.07) is 4.05.